The Hall–Kier alpha value is -2.48. The first-order chi connectivity index (χ1) is 9.60. The molecule has 0 aliphatic carbocycles. The summed E-state index contributed by atoms with van der Waals surface area (Å²) in [4.78, 5) is 11.4. The van der Waals surface area contributed by atoms with Gasteiger partial charge in [-0.3, -0.25) is 0 Å². The molecule has 0 bridgehead atoms. The Morgan fingerprint density at radius 2 is 2.20 bits per heavy atom. The highest BCUT2D eigenvalue weighted by Crippen LogP contribution is 2.28. The van der Waals surface area contributed by atoms with Gasteiger partial charge in [-0.05, 0) is 31.5 Å². The first-order valence-corrected chi connectivity index (χ1v) is 6.13. The van der Waals surface area contributed by atoms with E-state index in [-0.39, 0.29) is 6.61 Å². The summed E-state index contributed by atoms with van der Waals surface area (Å²) in [7, 11) is 1.53. The Morgan fingerprint density at radius 3 is 2.80 bits per heavy atom. The second-order valence-corrected chi connectivity index (χ2v) is 3.96. The average Bonchev–Trinajstić information content (AvgIpc) is 2.45. The molecule has 1 rings (SSSR count). The maximum Gasteiger partial charge on any atom is 0.345 e. The summed E-state index contributed by atoms with van der Waals surface area (Å²) in [6.45, 7) is 3.14. The number of carbonyl (C=O) groups is 1. The Bertz CT molecular complexity index is 531. The van der Waals surface area contributed by atoms with E-state index >= 15 is 0 Å². The molecule has 1 aromatic carbocycles. The summed E-state index contributed by atoms with van der Waals surface area (Å²) in [5.41, 5.74) is 0.970. The highest BCUT2D eigenvalue weighted by atomic mass is 16.6. The Morgan fingerprint density at radius 1 is 1.45 bits per heavy atom. The van der Waals surface area contributed by atoms with Crippen LogP contribution in [0, 0.1) is 11.3 Å². The van der Waals surface area contributed by atoms with Gasteiger partial charge < -0.3 is 14.2 Å². The van der Waals surface area contributed by atoms with Gasteiger partial charge in [0.05, 0.1) is 7.11 Å². The second kappa shape index (κ2) is 7.85. The normalized spacial score (nSPS) is 11.7. The Kier molecular flexibility index (Phi) is 6.11. The Labute approximate surface area is 118 Å². The van der Waals surface area contributed by atoms with Crippen molar-refractivity contribution in [3.63, 3.8) is 0 Å². The fourth-order valence-electron chi connectivity index (χ4n) is 1.49. The largest absolute Gasteiger partial charge is 0.493 e. The molecular formula is C15H17NO4. The summed E-state index contributed by atoms with van der Waals surface area (Å²) in [5, 5.41) is 8.54. The first kappa shape index (κ1) is 15.6. The summed E-state index contributed by atoms with van der Waals surface area (Å²) < 4.78 is 15.3. The molecule has 0 heterocycles. The standard InChI is InChI=1S/C15H17NO4/c1-4-5-12-6-7-13(14(8-12)18-3)19-10-15(17)20-11(2)9-16/h4-8,11H,10H2,1-3H3/b5-4+. The molecule has 5 nitrogen and oxygen atoms in total. The first-order valence-electron chi connectivity index (χ1n) is 6.13. The van der Waals surface area contributed by atoms with Crippen molar-refractivity contribution in [2.24, 2.45) is 0 Å². The molecule has 0 radical (unpaired) electrons. The van der Waals surface area contributed by atoms with Crippen molar-refractivity contribution < 1.29 is 19.0 Å². The zero-order chi connectivity index (χ0) is 15.0. The minimum atomic E-state index is -0.787. The molecule has 0 amide bonds. The number of nitrogens with zero attached hydrogens (tertiary/aromatic N) is 1. The third kappa shape index (κ3) is 4.65. The molecular weight excluding hydrogens is 258 g/mol. The van der Waals surface area contributed by atoms with E-state index in [1.54, 1.807) is 12.1 Å². The quantitative estimate of drug-likeness (QED) is 0.746. The lowest BCUT2D eigenvalue weighted by Gasteiger charge is -2.11. The van der Waals surface area contributed by atoms with Crippen molar-refractivity contribution in [3.05, 3.63) is 29.8 Å². The summed E-state index contributed by atoms with van der Waals surface area (Å²) in [5.74, 6) is 0.377. The zero-order valence-electron chi connectivity index (χ0n) is 11.8. The summed E-state index contributed by atoms with van der Waals surface area (Å²) in [6.07, 6.45) is 3.05. The molecule has 20 heavy (non-hydrogen) atoms. The molecule has 0 fully saturated rings. The number of hydrogen-bond acceptors (Lipinski definition) is 5. The maximum absolute atomic E-state index is 11.4. The molecule has 0 spiro atoms. The van der Waals surface area contributed by atoms with Gasteiger partial charge in [-0.2, -0.15) is 5.26 Å². The van der Waals surface area contributed by atoms with E-state index in [1.807, 2.05) is 31.2 Å². The number of rotatable bonds is 6. The number of nitriles is 1. The van der Waals surface area contributed by atoms with Gasteiger partial charge in [0.15, 0.2) is 24.2 Å². The van der Waals surface area contributed by atoms with Crippen LogP contribution in [0.15, 0.2) is 24.3 Å². The van der Waals surface area contributed by atoms with Crippen LogP contribution in [0.25, 0.3) is 6.08 Å². The van der Waals surface area contributed by atoms with Gasteiger partial charge in [-0.1, -0.05) is 18.2 Å². The fraction of sp³-hybridized carbons (Fsp3) is 0.333. The molecule has 0 aromatic heterocycles. The van der Waals surface area contributed by atoms with Gasteiger partial charge in [-0.15, -0.1) is 0 Å². The van der Waals surface area contributed by atoms with E-state index in [4.69, 9.17) is 19.5 Å². The lowest BCUT2D eigenvalue weighted by atomic mass is 10.2. The third-order valence-corrected chi connectivity index (χ3v) is 2.38. The van der Waals surface area contributed by atoms with Crippen LogP contribution in [0.5, 0.6) is 11.5 Å². The highest BCUT2D eigenvalue weighted by Gasteiger charge is 2.11. The van der Waals surface area contributed by atoms with Crippen LogP contribution in [-0.4, -0.2) is 25.8 Å². The van der Waals surface area contributed by atoms with Crippen LogP contribution in [0.2, 0.25) is 0 Å². The van der Waals surface area contributed by atoms with E-state index in [0.29, 0.717) is 11.5 Å². The number of allylic oxidation sites excluding steroid dienone is 1. The monoisotopic (exact) mass is 275 g/mol. The highest BCUT2D eigenvalue weighted by molar-refractivity contribution is 5.71. The van der Waals surface area contributed by atoms with Crippen LogP contribution in [0.3, 0.4) is 0 Å². The lowest BCUT2D eigenvalue weighted by molar-refractivity contribution is -0.148. The van der Waals surface area contributed by atoms with E-state index in [2.05, 4.69) is 0 Å². The molecule has 1 atom stereocenters. The lowest BCUT2D eigenvalue weighted by Crippen LogP contribution is -2.19. The van der Waals surface area contributed by atoms with Crippen LogP contribution in [0.1, 0.15) is 19.4 Å². The molecule has 0 saturated heterocycles. The van der Waals surface area contributed by atoms with Crippen LogP contribution < -0.4 is 9.47 Å². The number of benzene rings is 1. The van der Waals surface area contributed by atoms with Crippen molar-refractivity contribution in [1.82, 2.24) is 0 Å². The van der Waals surface area contributed by atoms with Crippen molar-refractivity contribution in [2.45, 2.75) is 20.0 Å². The van der Waals surface area contributed by atoms with Crippen LogP contribution in [-0.2, 0) is 9.53 Å². The van der Waals surface area contributed by atoms with E-state index in [1.165, 1.54) is 14.0 Å². The number of ether oxygens (including phenoxy) is 3. The molecule has 0 aliphatic rings. The van der Waals surface area contributed by atoms with Crippen LogP contribution >= 0.6 is 0 Å². The van der Waals surface area contributed by atoms with Crippen molar-refractivity contribution in [2.75, 3.05) is 13.7 Å². The maximum atomic E-state index is 11.4. The van der Waals surface area contributed by atoms with Gasteiger partial charge >= 0.3 is 5.97 Å². The molecule has 106 valence electrons. The van der Waals surface area contributed by atoms with Gasteiger partial charge in [0.1, 0.15) is 6.07 Å². The van der Waals surface area contributed by atoms with E-state index in [9.17, 15) is 4.79 Å². The Balaban J connectivity index is 2.68. The zero-order valence-corrected chi connectivity index (χ0v) is 11.8. The number of hydrogen-bond donors (Lipinski definition) is 0. The van der Waals surface area contributed by atoms with Gasteiger partial charge in [-0.25, -0.2) is 4.79 Å². The van der Waals surface area contributed by atoms with E-state index in [0.717, 1.165) is 5.56 Å². The molecule has 0 aliphatic heterocycles. The predicted molar refractivity (Wildman–Crippen MR) is 74.4 cm³/mol. The summed E-state index contributed by atoms with van der Waals surface area (Å²) in [6, 6.07) is 7.18. The smallest absolute Gasteiger partial charge is 0.345 e. The van der Waals surface area contributed by atoms with Gasteiger partial charge in [0, 0.05) is 0 Å². The predicted octanol–water partition coefficient (Wildman–Crippen LogP) is 2.56. The van der Waals surface area contributed by atoms with E-state index < -0.39 is 12.1 Å². The minimum Gasteiger partial charge on any atom is -0.493 e. The number of carbonyl (C=O) groups excluding carboxylic acids is 1. The molecule has 1 unspecified atom stereocenters. The number of methoxy groups -OCH3 is 1. The van der Waals surface area contributed by atoms with Crippen molar-refractivity contribution in [3.8, 4) is 17.6 Å². The number of esters is 1. The summed E-state index contributed by atoms with van der Waals surface area (Å²) >= 11 is 0. The average molecular weight is 275 g/mol. The molecule has 0 N–H and O–H groups in total. The molecule has 0 saturated carbocycles. The minimum absolute atomic E-state index is 0.272. The molecule has 1 aromatic rings. The topological polar surface area (TPSA) is 68.5 Å². The third-order valence-electron chi connectivity index (χ3n) is 2.38. The van der Waals surface area contributed by atoms with Crippen LogP contribution in [0.4, 0.5) is 0 Å². The SMILES string of the molecule is C/C=C/c1ccc(OCC(=O)OC(C)C#N)c(OC)c1. The second-order valence-electron chi connectivity index (χ2n) is 3.96. The molecule has 5 heteroatoms. The van der Waals surface area contributed by atoms with Crippen molar-refractivity contribution in [1.29, 1.82) is 5.26 Å². The van der Waals surface area contributed by atoms with Gasteiger partial charge in [0.25, 0.3) is 0 Å². The van der Waals surface area contributed by atoms with Crippen molar-refractivity contribution >= 4 is 12.0 Å². The fourth-order valence-corrected chi connectivity index (χ4v) is 1.49. The van der Waals surface area contributed by atoms with Gasteiger partial charge in [0.2, 0.25) is 0 Å².